The molecule has 0 spiro atoms. The highest BCUT2D eigenvalue weighted by atomic mass is 19.2. The Morgan fingerprint density at radius 2 is 1.83 bits per heavy atom. The molecule has 0 aliphatic carbocycles. The molecule has 0 bridgehead atoms. The average molecular weight is 255 g/mol. The van der Waals surface area contributed by atoms with Gasteiger partial charge < -0.3 is 5.32 Å². The van der Waals surface area contributed by atoms with Gasteiger partial charge in [0.15, 0.2) is 11.6 Å². The van der Waals surface area contributed by atoms with Crippen LogP contribution in [-0.4, -0.2) is 13.1 Å². The fourth-order valence-electron chi connectivity index (χ4n) is 1.91. The number of hydrogen-bond acceptors (Lipinski definition) is 1. The molecule has 0 aromatic heterocycles. The lowest BCUT2D eigenvalue weighted by molar-refractivity contribution is 0.334. The fraction of sp³-hybridized carbons (Fsp3) is 0.600. The number of nitrogens with one attached hydrogen (secondary N) is 1. The van der Waals surface area contributed by atoms with Gasteiger partial charge in [-0.3, -0.25) is 0 Å². The number of hydrogen-bond donors (Lipinski definition) is 1. The highest BCUT2D eigenvalue weighted by Gasteiger charge is 2.15. The minimum atomic E-state index is -0.783. The molecule has 0 fully saturated rings. The first-order valence-corrected chi connectivity index (χ1v) is 6.43. The molecule has 1 N–H and O–H groups in total. The maximum atomic E-state index is 13.1. The SMILES string of the molecule is CNC(CCC(C)(C)C)Cc1ccc(F)c(F)c1. The molecule has 0 amide bonds. The molecule has 0 aliphatic heterocycles. The zero-order valence-electron chi connectivity index (χ0n) is 11.7. The Bertz CT molecular complexity index is 383. The van der Waals surface area contributed by atoms with E-state index in [-0.39, 0.29) is 0 Å². The molecule has 1 rings (SSSR count). The Labute approximate surface area is 109 Å². The normalized spacial score (nSPS) is 13.7. The zero-order chi connectivity index (χ0) is 13.8. The van der Waals surface area contributed by atoms with E-state index >= 15 is 0 Å². The molecule has 102 valence electrons. The summed E-state index contributed by atoms with van der Waals surface area (Å²) in [7, 11) is 1.91. The summed E-state index contributed by atoms with van der Waals surface area (Å²) in [5.41, 5.74) is 1.13. The van der Waals surface area contributed by atoms with E-state index in [2.05, 4.69) is 26.1 Å². The largest absolute Gasteiger partial charge is 0.317 e. The molecular weight excluding hydrogens is 232 g/mol. The second-order valence-corrected chi connectivity index (χ2v) is 6.04. The zero-order valence-corrected chi connectivity index (χ0v) is 11.7. The van der Waals surface area contributed by atoms with Crippen molar-refractivity contribution in [2.24, 2.45) is 5.41 Å². The van der Waals surface area contributed by atoms with E-state index < -0.39 is 11.6 Å². The average Bonchev–Trinajstić information content (AvgIpc) is 2.28. The van der Waals surface area contributed by atoms with E-state index in [1.165, 1.54) is 12.1 Å². The van der Waals surface area contributed by atoms with Crippen LogP contribution >= 0.6 is 0 Å². The van der Waals surface area contributed by atoms with Gasteiger partial charge in [-0.2, -0.15) is 0 Å². The van der Waals surface area contributed by atoms with Crippen LogP contribution in [0.4, 0.5) is 8.78 Å². The summed E-state index contributed by atoms with van der Waals surface area (Å²) in [5, 5.41) is 3.24. The van der Waals surface area contributed by atoms with Gasteiger partial charge in [-0.1, -0.05) is 26.8 Å². The van der Waals surface area contributed by atoms with Crippen LogP contribution in [0.5, 0.6) is 0 Å². The smallest absolute Gasteiger partial charge is 0.159 e. The number of benzene rings is 1. The predicted octanol–water partition coefficient (Wildman–Crippen LogP) is 3.92. The minimum absolute atomic E-state index is 0.295. The van der Waals surface area contributed by atoms with Gasteiger partial charge in [0.05, 0.1) is 0 Å². The Morgan fingerprint density at radius 1 is 1.17 bits per heavy atom. The monoisotopic (exact) mass is 255 g/mol. The van der Waals surface area contributed by atoms with Crippen LogP contribution < -0.4 is 5.32 Å². The summed E-state index contributed by atoms with van der Waals surface area (Å²) in [6.07, 6.45) is 2.85. The van der Waals surface area contributed by atoms with Crippen molar-refractivity contribution in [3.05, 3.63) is 35.4 Å². The molecule has 3 heteroatoms. The second kappa shape index (κ2) is 6.28. The molecule has 1 aromatic carbocycles. The molecule has 0 aliphatic rings. The quantitative estimate of drug-likeness (QED) is 0.841. The maximum absolute atomic E-state index is 13.1. The van der Waals surface area contributed by atoms with Gasteiger partial charge in [0.25, 0.3) is 0 Å². The van der Waals surface area contributed by atoms with Crippen LogP contribution in [-0.2, 0) is 6.42 Å². The number of likely N-dealkylation sites (N-methyl/N-ethyl adjacent to an activating group) is 1. The second-order valence-electron chi connectivity index (χ2n) is 6.04. The summed E-state index contributed by atoms with van der Waals surface area (Å²) in [6.45, 7) is 6.62. The van der Waals surface area contributed by atoms with E-state index in [0.717, 1.165) is 24.8 Å². The lowest BCUT2D eigenvalue weighted by atomic mass is 9.87. The minimum Gasteiger partial charge on any atom is -0.317 e. The summed E-state index contributed by atoms with van der Waals surface area (Å²) >= 11 is 0. The molecule has 1 nitrogen and oxygen atoms in total. The first kappa shape index (κ1) is 15.1. The standard InChI is InChI=1S/C15H23F2N/c1-15(2,3)8-7-12(18-4)9-11-5-6-13(16)14(17)10-11/h5-6,10,12,18H,7-9H2,1-4H3. The first-order chi connectivity index (χ1) is 8.31. The van der Waals surface area contributed by atoms with Crippen LogP contribution in [0, 0.1) is 17.0 Å². The van der Waals surface area contributed by atoms with Gasteiger partial charge in [-0.15, -0.1) is 0 Å². The summed E-state index contributed by atoms with van der Waals surface area (Å²) in [5.74, 6) is -1.55. The molecule has 0 saturated heterocycles. The number of halogens is 2. The summed E-state index contributed by atoms with van der Waals surface area (Å²) < 4.78 is 25.9. The summed E-state index contributed by atoms with van der Waals surface area (Å²) in [4.78, 5) is 0. The van der Waals surface area contributed by atoms with E-state index in [1.54, 1.807) is 6.07 Å². The molecule has 0 radical (unpaired) electrons. The van der Waals surface area contributed by atoms with Gasteiger partial charge in [0.2, 0.25) is 0 Å². The van der Waals surface area contributed by atoms with E-state index in [0.29, 0.717) is 11.5 Å². The molecular formula is C15H23F2N. The lowest BCUT2D eigenvalue weighted by Crippen LogP contribution is -2.29. The Hall–Kier alpha value is -0.960. The molecule has 1 atom stereocenters. The van der Waals surface area contributed by atoms with E-state index in [9.17, 15) is 8.78 Å². The highest BCUT2D eigenvalue weighted by Crippen LogP contribution is 2.22. The Balaban J connectivity index is 2.59. The van der Waals surface area contributed by atoms with Crippen molar-refractivity contribution in [1.82, 2.24) is 5.32 Å². The molecule has 0 saturated carbocycles. The van der Waals surface area contributed by atoms with Crippen LogP contribution in [0.1, 0.15) is 39.2 Å². The van der Waals surface area contributed by atoms with Crippen LogP contribution in [0.2, 0.25) is 0 Å². The molecule has 1 aromatic rings. The highest BCUT2D eigenvalue weighted by molar-refractivity contribution is 5.18. The number of rotatable bonds is 5. The van der Waals surface area contributed by atoms with Crippen molar-refractivity contribution < 1.29 is 8.78 Å². The van der Waals surface area contributed by atoms with Gasteiger partial charge in [-0.05, 0) is 49.4 Å². The van der Waals surface area contributed by atoms with Crippen molar-refractivity contribution in [3.63, 3.8) is 0 Å². The molecule has 0 heterocycles. The Morgan fingerprint density at radius 3 is 2.33 bits per heavy atom. The van der Waals surface area contributed by atoms with Gasteiger partial charge >= 0.3 is 0 Å². The molecule has 1 unspecified atom stereocenters. The van der Waals surface area contributed by atoms with Crippen LogP contribution in [0.25, 0.3) is 0 Å². The first-order valence-electron chi connectivity index (χ1n) is 6.43. The Kier molecular flexibility index (Phi) is 5.27. The van der Waals surface area contributed by atoms with Crippen molar-refractivity contribution in [2.75, 3.05) is 7.05 Å². The maximum Gasteiger partial charge on any atom is 0.159 e. The van der Waals surface area contributed by atoms with Gasteiger partial charge in [0, 0.05) is 6.04 Å². The third kappa shape index (κ3) is 5.13. The fourth-order valence-corrected chi connectivity index (χ4v) is 1.91. The van der Waals surface area contributed by atoms with Crippen molar-refractivity contribution >= 4 is 0 Å². The van der Waals surface area contributed by atoms with Crippen molar-refractivity contribution in [2.45, 2.75) is 46.1 Å². The van der Waals surface area contributed by atoms with Crippen molar-refractivity contribution in [3.8, 4) is 0 Å². The van der Waals surface area contributed by atoms with Crippen LogP contribution in [0.3, 0.4) is 0 Å². The van der Waals surface area contributed by atoms with Gasteiger partial charge in [0.1, 0.15) is 0 Å². The third-order valence-corrected chi connectivity index (χ3v) is 3.12. The van der Waals surface area contributed by atoms with Crippen LogP contribution in [0.15, 0.2) is 18.2 Å². The molecule has 18 heavy (non-hydrogen) atoms. The van der Waals surface area contributed by atoms with E-state index in [1.807, 2.05) is 7.05 Å². The summed E-state index contributed by atoms with van der Waals surface area (Å²) in [6, 6.07) is 4.44. The predicted molar refractivity (Wildman–Crippen MR) is 71.6 cm³/mol. The van der Waals surface area contributed by atoms with E-state index in [4.69, 9.17) is 0 Å². The van der Waals surface area contributed by atoms with Gasteiger partial charge in [-0.25, -0.2) is 8.78 Å². The third-order valence-electron chi connectivity index (χ3n) is 3.12. The lowest BCUT2D eigenvalue weighted by Gasteiger charge is -2.23. The topological polar surface area (TPSA) is 12.0 Å². The van der Waals surface area contributed by atoms with Crippen molar-refractivity contribution in [1.29, 1.82) is 0 Å².